The van der Waals surface area contributed by atoms with Crippen molar-refractivity contribution < 1.29 is 32.3 Å². The van der Waals surface area contributed by atoms with Gasteiger partial charge in [0.05, 0.1) is 23.9 Å². The highest BCUT2D eigenvalue weighted by Crippen LogP contribution is 2.26. The molecule has 14 heteroatoms. The van der Waals surface area contributed by atoms with Crippen LogP contribution in [0.3, 0.4) is 0 Å². The number of sulfone groups is 1. The number of methoxy groups -OCH3 is 1. The summed E-state index contributed by atoms with van der Waals surface area (Å²) in [6, 6.07) is 9.47. The van der Waals surface area contributed by atoms with Gasteiger partial charge < -0.3 is 24.4 Å². The number of likely N-dealkylation sites (N-methyl/N-ethyl adjacent to an activating group) is 1. The number of amides is 1. The number of rotatable bonds is 14. The van der Waals surface area contributed by atoms with E-state index in [1.165, 1.54) is 42.7 Å². The molecule has 3 heterocycles. The summed E-state index contributed by atoms with van der Waals surface area (Å²) in [6.45, 7) is 2.43. The quantitative estimate of drug-likeness (QED) is 0.166. The minimum absolute atomic E-state index is 0.0199. The number of thiazole rings is 1. The zero-order chi connectivity index (χ0) is 27.7. The molecule has 12 nitrogen and oxygen atoms in total. The lowest BCUT2D eigenvalue weighted by molar-refractivity contribution is -0.110. The molecule has 1 amide bonds. The van der Waals surface area contributed by atoms with Crippen molar-refractivity contribution in [2.45, 2.75) is 23.8 Å². The summed E-state index contributed by atoms with van der Waals surface area (Å²) in [5.74, 6) is -0.138. The number of hydrogen-bond donors (Lipinski definition) is 2. The minimum Gasteiger partial charge on any atom is -0.476 e. The van der Waals surface area contributed by atoms with Gasteiger partial charge in [-0.25, -0.2) is 18.4 Å². The fraction of sp³-hybridized carbons (Fsp3) is 0.440. The Hall–Kier alpha value is -3.17. The topological polar surface area (TPSA) is 150 Å². The van der Waals surface area contributed by atoms with E-state index in [-0.39, 0.29) is 22.5 Å². The van der Waals surface area contributed by atoms with Crippen LogP contribution < -0.4 is 15.4 Å². The number of benzene rings is 1. The largest absolute Gasteiger partial charge is 0.476 e. The fourth-order valence-corrected chi connectivity index (χ4v) is 5.74. The molecule has 2 N–H and O–H groups in total. The number of nitrogens with one attached hydrogen (secondary N) is 2. The first kappa shape index (κ1) is 28.8. The standard InChI is InChI=1S/C25H31N5O7S2/c1-26-11-14-36-21-9-8-20-24(28-21)38-25(27-20)29-23(31)22(30-37-18-10-13-35-16-18)17-4-6-19(7-5-17)39(32,33)15-3-12-34-2/h4-9,18,26H,3,10-16H2,1-2H3,(H,27,29,31)/b30-22+/t18-/m1/s1. The van der Waals surface area contributed by atoms with Gasteiger partial charge >= 0.3 is 0 Å². The lowest BCUT2D eigenvalue weighted by Gasteiger charge is -2.10. The van der Waals surface area contributed by atoms with Gasteiger partial charge in [0.25, 0.3) is 5.91 Å². The number of carbonyl (C=O) groups is 1. The molecule has 0 bridgehead atoms. The minimum atomic E-state index is -3.49. The van der Waals surface area contributed by atoms with Crippen molar-refractivity contribution in [3.8, 4) is 5.88 Å². The average Bonchev–Trinajstić information content (AvgIpc) is 3.59. The molecule has 210 valence electrons. The van der Waals surface area contributed by atoms with Crippen molar-refractivity contribution >= 4 is 48.3 Å². The van der Waals surface area contributed by atoms with Crippen LogP contribution in [0.5, 0.6) is 5.88 Å². The lowest BCUT2D eigenvalue weighted by atomic mass is 10.1. The fourth-order valence-electron chi connectivity index (χ4n) is 3.63. The highest BCUT2D eigenvalue weighted by atomic mass is 32.2. The van der Waals surface area contributed by atoms with Crippen molar-refractivity contribution in [3.05, 3.63) is 42.0 Å². The normalized spacial score (nSPS) is 15.9. The van der Waals surface area contributed by atoms with Crippen LogP contribution in [0.1, 0.15) is 18.4 Å². The van der Waals surface area contributed by atoms with Crippen molar-refractivity contribution in [1.29, 1.82) is 0 Å². The zero-order valence-electron chi connectivity index (χ0n) is 21.7. The molecule has 0 radical (unpaired) electrons. The molecule has 4 rings (SSSR count). The summed E-state index contributed by atoms with van der Waals surface area (Å²) in [6.07, 6.45) is 0.758. The molecule has 39 heavy (non-hydrogen) atoms. The van der Waals surface area contributed by atoms with E-state index in [9.17, 15) is 13.2 Å². The van der Waals surface area contributed by atoms with Crippen molar-refractivity contribution in [2.75, 3.05) is 58.2 Å². The summed E-state index contributed by atoms with van der Waals surface area (Å²) < 4.78 is 41.1. The zero-order valence-corrected chi connectivity index (χ0v) is 23.3. The van der Waals surface area contributed by atoms with Crippen LogP contribution in [-0.2, 0) is 28.9 Å². The molecule has 1 saturated heterocycles. The van der Waals surface area contributed by atoms with Gasteiger partial charge in [0.1, 0.15) is 17.0 Å². The molecule has 3 aromatic rings. The summed E-state index contributed by atoms with van der Waals surface area (Å²) in [5.41, 5.74) is 0.979. The Balaban J connectivity index is 1.53. The molecule has 0 spiro atoms. The van der Waals surface area contributed by atoms with Gasteiger partial charge in [-0.3, -0.25) is 10.1 Å². The molecule has 0 aliphatic carbocycles. The Morgan fingerprint density at radius 3 is 2.72 bits per heavy atom. The van der Waals surface area contributed by atoms with Crippen LogP contribution in [0.2, 0.25) is 0 Å². The van der Waals surface area contributed by atoms with Gasteiger partial charge in [0.2, 0.25) is 5.88 Å². The van der Waals surface area contributed by atoms with E-state index in [1.807, 2.05) is 7.05 Å². The molecule has 1 aromatic carbocycles. The Morgan fingerprint density at radius 1 is 1.18 bits per heavy atom. The third-order valence-corrected chi connectivity index (χ3v) is 8.39. The third-order valence-electron chi connectivity index (χ3n) is 5.70. The van der Waals surface area contributed by atoms with Crippen LogP contribution in [0, 0.1) is 0 Å². The Bertz CT molecular complexity index is 1390. The van der Waals surface area contributed by atoms with E-state index in [0.717, 1.165) is 0 Å². The molecule has 1 aliphatic rings. The van der Waals surface area contributed by atoms with Gasteiger partial charge in [0.15, 0.2) is 26.8 Å². The Labute approximate surface area is 230 Å². The number of pyridine rings is 1. The first-order valence-electron chi connectivity index (χ1n) is 12.4. The van der Waals surface area contributed by atoms with Crippen LogP contribution >= 0.6 is 11.3 Å². The predicted octanol–water partition coefficient (Wildman–Crippen LogP) is 2.25. The summed E-state index contributed by atoms with van der Waals surface area (Å²) in [5, 5.41) is 10.2. The van der Waals surface area contributed by atoms with E-state index in [1.54, 1.807) is 12.1 Å². The summed E-state index contributed by atoms with van der Waals surface area (Å²) in [4.78, 5) is 28.5. The van der Waals surface area contributed by atoms with Gasteiger partial charge in [-0.2, -0.15) is 0 Å². The van der Waals surface area contributed by atoms with E-state index in [4.69, 9.17) is 19.0 Å². The van der Waals surface area contributed by atoms with E-state index in [0.29, 0.717) is 72.7 Å². The highest BCUT2D eigenvalue weighted by Gasteiger charge is 2.22. The number of carbonyl (C=O) groups excluding carboxylic acids is 1. The van der Waals surface area contributed by atoms with Crippen LogP contribution in [0.25, 0.3) is 10.3 Å². The second kappa shape index (κ2) is 13.8. The van der Waals surface area contributed by atoms with E-state index >= 15 is 0 Å². The Kier molecular flexibility index (Phi) is 10.2. The summed E-state index contributed by atoms with van der Waals surface area (Å²) >= 11 is 1.20. The first-order chi connectivity index (χ1) is 18.9. The van der Waals surface area contributed by atoms with Gasteiger partial charge in [-0.1, -0.05) is 28.6 Å². The number of aromatic nitrogens is 2. The van der Waals surface area contributed by atoms with Crippen LogP contribution in [-0.4, -0.2) is 89.0 Å². The maximum absolute atomic E-state index is 13.3. The number of oxime groups is 1. The van der Waals surface area contributed by atoms with Gasteiger partial charge in [-0.15, -0.1) is 0 Å². The molecule has 1 fully saturated rings. The number of fused-ring (bicyclic) bond motifs is 1. The molecule has 0 saturated carbocycles. The van der Waals surface area contributed by atoms with Gasteiger partial charge in [0, 0.05) is 38.3 Å². The molecular formula is C25H31N5O7S2. The molecule has 1 aliphatic heterocycles. The predicted molar refractivity (Wildman–Crippen MR) is 147 cm³/mol. The highest BCUT2D eigenvalue weighted by molar-refractivity contribution is 7.91. The smallest absolute Gasteiger partial charge is 0.280 e. The van der Waals surface area contributed by atoms with Crippen LogP contribution in [0.15, 0.2) is 46.4 Å². The number of anilines is 1. The third kappa shape index (κ3) is 7.92. The molecular weight excluding hydrogens is 546 g/mol. The van der Waals surface area contributed by atoms with E-state index in [2.05, 4.69) is 25.8 Å². The van der Waals surface area contributed by atoms with Gasteiger partial charge in [-0.05, 0) is 31.7 Å². The van der Waals surface area contributed by atoms with Crippen molar-refractivity contribution in [3.63, 3.8) is 0 Å². The Morgan fingerprint density at radius 2 is 2.00 bits per heavy atom. The molecule has 2 aromatic heterocycles. The first-order valence-corrected chi connectivity index (χ1v) is 14.9. The number of nitrogens with zero attached hydrogens (tertiary/aromatic N) is 3. The molecule has 0 unspecified atom stereocenters. The molecule has 1 atom stereocenters. The lowest BCUT2D eigenvalue weighted by Crippen LogP contribution is -2.25. The average molecular weight is 578 g/mol. The maximum Gasteiger partial charge on any atom is 0.280 e. The number of ether oxygens (including phenoxy) is 3. The maximum atomic E-state index is 13.3. The monoisotopic (exact) mass is 577 g/mol. The summed E-state index contributed by atoms with van der Waals surface area (Å²) in [7, 11) is -0.132. The van der Waals surface area contributed by atoms with Crippen molar-refractivity contribution in [1.82, 2.24) is 15.3 Å². The second-order valence-corrected chi connectivity index (χ2v) is 11.7. The SMILES string of the molecule is CNCCOc1ccc2nc(NC(=O)/C(=N/O[C@@H]3CCOC3)c3ccc(S(=O)(=O)CCCOC)cc3)sc2n1. The van der Waals surface area contributed by atoms with E-state index < -0.39 is 15.7 Å². The van der Waals surface area contributed by atoms with Crippen molar-refractivity contribution in [2.24, 2.45) is 5.16 Å². The number of hydrogen-bond acceptors (Lipinski definition) is 12. The van der Waals surface area contributed by atoms with Crippen LogP contribution in [0.4, 0.5) is 5.13 Å². The second-order valence-electron chi connectivity index (χ2n) is 8.62.